The molecule has 156 valence electrons. The highest BCUT2D eigenvalue weighted by Gasteiger charge is 2.38. The first-order valence-electron chi connectivity index (χ1n) is 9.64. The summed E-state index contributed by atoms with van der Waals surface area (Å²) in [5.41, 5.74) is 6.53. The van der Waals surface area contributed by atoms with Crippen LogP contribution in [0.25, 0.3) is 0 Å². The molecule has 2 atom stereocenters. The van der Waals surface area contributed by atoms with Crippen LogP contribution in [0.4, 0.5) is 17.3 Å². The van der Waals surface area contributed by atoms with Crippen LogP contribution in [0.3, 0.4) is 0 Å². The molecule has 0 radical (unpaired) electrons. The molecule has 0 fully saturated rings. The number of rotatable bonds is 4. The Bertz CT molecular complexity index is 1050. The zero-order valence-corrected chi connectivity index (χ0v) is 16.8. The molecule has 2 aromatic rings. The van der Waals surface area contributed by atoms with Gasteiger partial charge in [-0.05, 0) is 43.2 Å². The second kappa shape index (κ2) is 7.33. The zero-order chi connectivity index (χ0) is 21.6. The lowest BCUT2D eigenvalue weighted by Crippen LogP contribution is -2.50. The fourth-order valence-corrected chi connectivity index (χ4v) is 3.37. The van der Waals surface area contributed by atoms with E-state index in [0.29, 0.717) is 22.7 Å². The van der Waals surface area contributed by atoms with Crippen molar-refractivity contribution in [3.8, 4) is 11.5 Å². The number of anilines is 3. The normalized spacial score (nSPS) is 20.1. The van der Waals surface area contributed by atoms with Crippen LogP contribution in [-0.2, 0) is 9.59 Å². The van der Waals surface area contributed by atoms with Gasteiger partial charge in [0.25, 0.3) is 11.8 Å². The number of nitrogen functional groups attached to an aromatic ring is 1. The summed E-state index contributed by atoms with van der Waals surface area (Å²) in [6, 6.07) is 7.99. The number of Topliss-reactive ketones (excluding diaryl/α,β-unsaturated/α-hetero) is 1. The van der Waals surface area contributed by atoms with Crippen molar-refractivity contribution in [1.82, 2.24) is 4.98 Å². The standard InChI is InChI=1S/C21H22N4O5/c1-10(2)18-21(28)25(19-16(30-18)6-7-17(22)24-19)9-14(26)12-4-5-15-13(8-12)23-20(27)11(3)29-15/h4-8,10-11,18H,9H2,1-3H3,(H2,22,24)(H,23,27). The molecule has 30 heavy (non-hydrogen) atoms. The maximum absolute atomic E-state index is 13.0. The summed E-state index contributed by atoms with van der Waals surface area (Å²) in [7, 11) is 0. The number of nitrogens with one attached hydrogen (secondary N) is 1. The largest absolute Gasteiger partial charge is 0.479 e. The first-order chi connectivity index (χ1) is 14.2. The molecule has 9 nitrogen and oxygen atoms in total. The molecule has 1 aromatic carbocycles. The van der Waals surface area contributed by atoms with Gasteiger partial charge < -0.3 is 20.5 Å². The van der Waals surface area contributed by atoms with Crippen LogP contribution in [0, 0.1) is 5.92 Å². The molecule has 0 bridgehead atoms. The van der Waals surface area contributed by atoms with Gasteiger partial charge >= 0.3 is 0 Å². The Hall–Kier alpha value is -3.62. The van der Waals surface area contributed by atoms with Gasteiger partial charge in [-0.2, -0.15) is 0 Å². The monoisotopic (exact) mass is 410 g/mol. The minimum atomic E-state index is -0.728. The summed E-state index contributed by atoms with van der Waals surface area (Å²) < 4.78 is 11.3. The lowest BCUT2D eigenvalue weighted by atomic mass is 10.0. The summed E-state index contributed by atoms with van der Waals surface area (Å²) in [4.78, 5) is 43.4. The number of nitrogens with two attached hydrogens (primary N) is 1. The average Bonchev–Trinajstić information content (AvgIpc) is 2.70. The number of aromatic nitrogens is 1. The van der Waals surface area contributed by atoms with E-state index < -0.39 is 12.2 Å². The Balaban J connectivity index is 1.64. The molecule has 2 aliphatic rings. The quantitative estimate of drug-likeness (QED) is 0.739. The number of carbonyl (C=O) groups is 3. The maximum atomic E-state index is 13.0. The van der Waals surface area contributed by atoms with Crippen LogP contribution in [-0.4, -0.2) is 41.3 Å². The van der Waals surface area contributed by atoms with E-state index in [0.717, 1.165) is 0 Å². The Morgan fingerprint density at radius 1 is 1.20 bits per heavy atom. The van der Waals surface area contributed by atoms with E-state index in [2.05, 4.69) is 10.3 Å². The van der Waals surface area contributed by atoms with Crippen LogP contribution in [0.1, 0.15) is 31.1 Å². The van der Waals surface area contributed by atoms with Gasteiger partial charge in [0.15, 0.2) is 29.6 Å². The smallest absolute Gasteiger partial charge is 0.270 e. The van der Waals surface area contributed by atoms with Gasteiger partial charge in [0, 0.05) is 5.56 Å². The molecule has 2 amide bonds. The van der Waals surface area contributed by atoms with Crippen LogP contribution >= 0.6 is 0 Å². The van der Waals surface area contributed by atoms with E-state index >= 15 is 0 Å². The predicted octanol–water partition coefficient (Wildman–Crippen LogP) is 2.02. The van der Waals surface area contributed by atoms with Crippen molar-refractivity contribution in [1.29, 1.82) is 0 Å². The molecule has 0 saturated carbocycles. The van der Waals surface area contributed by atoms with Gasteiger partial charge in [0.2, 0.25) is 0 Å². The van der Waals surface area contributed by atoms with Gasteiger partial charge in [0.05, 0.1) is 12.2 Å². The SMILES string of the molecule is CC1Oc2ccc(C(=O)CN3C(=O)C(C(C)C)Oc4ccc(N)nc43)cc2NC1=O. The summed E-state index contributed by atoms with van der Waals surface area (Å²) in [5, 5.41) is 2.72. The molecule has 3 N–H and O–H groups in total. The predicted molar refractivity (Wildman–Crippen MR) is 110 cm³/mol. The molecule has 4 rings (SSSR count). The topological polar surface area (TPSA) is 124 Å². The minimum absolute atomic E-state index is 0.0982. The summed E-state index contributed by atoms with van der Waals surface area (Å²) in [5.74, 6) is 0.256. The van der Waals surface area contributed by atoms with Crippen molar-refractivity contribution in [3.05, 3.63) is 35.9 Å². The molecule has 0 aliphatic carbocycles. The van der Waals surface area contributed by atoms with Crippen LogP contribution < -0.4 is 25.4 Å². The number of hydrogen-bond donors (Lipinski definition) is 2. The van der Waals surface area contributed by atoms with Crippen molar-refractivity contribution in [3.63, 3.8) is 0 Å². The molecule has 0 spiro atoms. The number of ether oxygens (including phenoxy) is 2. The van der Waals surface area contributed by atoms with Gasteiger partial charge in [-0.15, -0.1) is 0 Å². The first-order valence-corrected chi connectivity index (χ1v) is 9.64. The Morgan fingerprint density at radius 3 is 2.67 bits per heavy atom. The average molecular weight is 410 g/mol. The molecular weight excluding hydrogens is 388 g/mol. The third-order valence-electron chi connectivity index (χ3n) is 5.02. The summed E-state index contributed by atoms with van der Waals surface area (Å²) in [6.45, 7) is 5.14. The van der Waals surface area contributed by atoms with Gasteiger partial charge in [-0.1, -0.05) is 13.8 Å². The molecule has 3 heterocycles. The second-order valence-corrected chi connectivity index (χ2v) is 7.65. The Labute approximate surface area is 173 Å². The number of nitrogens with zero attached hydrogens (tertiary/aromatic N) is 2. The third kappa shape index (κ3) is 3.42. The number of hydrogen-bond acceptors (Lipinski definition) is 7. The van der Waals surface area contributed by atoms with Gasteiger partial charge in [-0.25, -0.2) is 4.98 Å². The van der Waals surface area contributed by atoms with Crippen molar-refractivity contribution in [2.45, 2.75) is 33.0 Å². The summed E-state index contributed by atoms with van der Waals surface area (Å²) in [6.07, 6.45) is -1.33. The van der Waals surface area contributed by atoms with E-state index in [-0.39, 0.29) is 41.7 Å². The number of amides is 2. The zero-order valence-electron chi connectivity index (χ0n) is 16.8. The first kappa shape index (κ1) is 19.7. The molecular formula is C21H22N4O5. The Kier molecular flexibility index (Phi) is 4.81. The molecule has 0 saturated heterocycles. The summed E-state index contributed by atoms with van der Waals surface area (Å²) >= 11 is 0. The van der Waals surface area contributed by atoms with Crippen molar-refractivity contribution in [2.24, 2.45) is 5.92 Å². The van der Waals surface area contributed by atoms with Crippen molar-refractivity contribution < 1.29 is 23.9 Å². The van der Waals surface area contributed by atoms with Gasteiger partial charge in [-0.3, -0.25) is 19.3 Å². The highest BCUT2D eigenvalue weighted by Crippen LogP contribution is 2.35. The maximum Gasteiger partial charge on any atom is 0.270 e. The Morgan fingerprint density at radius 2 is 1.93 bits per heavy atom. The molecule has 2 unspecified atom stereocenters. The lowest BCUT2D eigenvalue weighted by molar-refractivity contribution is -0.128. The number of fused-ring (bicyclic) bond motifs is 2. The van der Waals surface area contributed by atoms with E-state index in [1.165, 1.54) is 4.90 Å². The van der Waals surface area contributed by atoms with E-state index in [9.17, 15) is 14.4 Å². The number of ketones is 1. The minimum Gasteiger partial charge on any atom is -0.479 e. The fourth-order valence-electron chi connectivity index (χ4n) is 3.37. The van der Waals surface area contributed by atoms with Crippen LogP contribution in [0.15, 0.2) is 30.3 Å². The van der Waals surface area contributed by atoms with Gasteiger partial charge in [0.1, 0.15) is 11.6 Å². The van der Waals surface area contributed by atoms with E-state index in [1.54, 1.807) is 37.3 Å². The molecule has 1 aromatic heterocycles. The lowest BCUT2D eigenvalue weighted by Gasteiger charge is -2.34. The van der Waals surface area contributed by atoms with E-state index in [4.69, 9.17) is 15.2 Å². The highest BCUT2D eigenvalue weighted by atomic mass is 16.5. The van der Waals surface area contributed by atoms with Crippen LogP contribution in [0.2, 0.25) is 0 Å². The van der Waals surface area contributed by atoms with Crippen molar-refractivity contribution in [2.75, 3.05) is 22.5 Å². The number of pyridine rings is 1. The van der Waals surface area contributed by atoms with Crippen molar-refractivity contribution >= 4 is 34.9 Å². The highest BCUT2D eigenvalue weighted by molar-refractivity contribution is 6.09. The second-order valence-electron chi connectivity index (χ2n) is 7.65. The molecule has 2 aliphatic heterocycles. The fraction of sp³-hybridized carbons (Fsp3) is 0.333. The molecule has 9 heteroatoms. The van der Waals surface area contributed by atoms with E-state index in [1.807, 2.05) is 13.8 Å². The third-order valence-corrected chi connectivity index (χ3v) is 5.02. The number of benzene rings is 1. The number of carbonyl (C=O) groups excluding carboxylic acids is 3. The van der Waals surface area contributed by atoms with Crippen LogP contribution in [0.5, 0.6) is 11.5 Å².